The first kappa shape index (κ1) is 14.1. The average molecular weight is 258 g/mol. The lowest BCUT2D eigenvalue weighted by Crippen LogP contribution is -2.22. The van der Waals surface area contributed by atoms with Crippen LogP contribution in [-0.2, 0) is 5.41 Å². The van der Waals surface area contributed by atoms with Crippen LogP contribution in [0.2, 0.25) is 0 Å². The number of nitrogens with zero attached hydrogens (tertiary/aromatic N) is 1. The number of nitrogens with one attached hydrogen (secondary N) is 1. The molecule has 0 aromatic carbocycles. The van der Waals surface area contributed by atoms with E-state index >= 15 is 0 Å². The molecule has 1 N–H and O–H groups in total. The van der Waals surface area contributed by atoms with Gasteiger partial charge in [0.1, 0.15) is 0 Å². The molecule has 2 aromatic heterocycles. The number of hydrogen-bond acceptors (Lipinski definition) is 1. The van der Waals surface area contributed by atoms with Gasteiger partial charge in [-0.05, 0) is 31.0 Å². The van der Waals surface area contributed by atoms with Gasteiger partial charge in [0.15, 0.2) is 0 Å². The Bertz CT molecular complexity index is 482. The average Bonchev–Trinajstić information content (AvgIpc) is 2.84. The first-order valence-corrected chi connectivity index (χ1v) is 7.64. The van der Waals surface area contributed by atoms with Crippen molar-refractivity contribution in [3.05, 3.63) is 30.1 Å². The van der Waals surface area contributed by atoms with Crippen LogP contribution in [0.3, 0.4) is 0 Å². The van der Waals surface area contributed by atoms with E-state index in [1.807, 2.05) is 12.3 Å². The Morgan fingerprint density at radius 1 is 1.16 bits per heavy atom. The summed E-state index contributed by atoms with van der Waals surface area (Å²) in [6.07, 6.45) is 9.54. The van der Waals surface area contributed by atoms with Crippen LogP contribution in [0.4, 0.5) is 0 Å². The van der Waals surface area contributed by atoms with Crippen LogP contribution < -0.4 is 0 Å². The summed E-state index contributed by atoms with van der Waals surface area (Å²) in [5.41, 5.74) is 3.88. The smallest absolute Gasteiger partial charge is 0.0881 e. The Balaban J connectivity index is 2.26. The first-order valence-electron chi connectivity index (χ1n) is 7.64. The van der Waals surface area contributed by atoms with Crippen molar-refractivity contribution in [2.24, 2.45) is 0 Å². The van der Waals surface area contributed by atoms with Crippen molar-refractivity contribution in [1.29, 1.82) is 0 Å². The highest BCUT2D eigenvalue weighted by molar-refractivity contribution is 5.76. The first-order chi connectivity index (χ1) is 9.19. The number of hydrogen-bond donors (Lipinski definition) is 1. The summed E-state index contributed by atoms with van der Waals surface area (Å²) in [6, 6.07) is 6.36. The van der Waals surface area contributed by atoms with Crippen LogP contribution in [-0.4, -0.2) is 9.97 Å². The molecule has 1 unspecified atom stereocenters. The second-order valence-corrected chi connectivity index (χ2v) is 5.89. The molecule has 0 aliphatic heterocycles. The molecule has 0 saturated heterocycles. The van der Waals surface area contributed by atoms with Gasteiger partial charge in [0.25, 0.3) is 0 Å². The van der Waals surface area contributed by atoms with Crippen molar-refractivity contribution in [2.45, 2.75) is 64.7 Å². The molecular weight excluding hydrogens is 232 g/mol. The lowest BCUT2D eigenvalue weighted by Gasteiger charge is -2.28. The molecule has 1 atom stereocenters. The third kappa shape index (κ3) is 3.17. The predicted molar refractivity (Wildman–Crippen MR) is 82.5 cm³/mol. The third-order valence-corrected chi connectivity index (χ3v) is 4.17. The van der Waals surface area contributed by atoms with Crippen molar-refractivity contribution in [2.75, 3.05) is 0 Å². The highest BCUT2D eigenvalue weighted by Gasteiger charge is 2.27. The zero-order chi connectivity index (χ0) is 13.7. The standard InChI is InChI=1S/C17H26N2/c1-4-6-7-11-17(3,10-5-2)16-13-15-14(19-16)9-8-12-18-15/h8-9,12-13,19H,4-7,10-11H2,1-3H3. The molecule has 0 amide bonds. The topological polar surface area (TPSA) is 28.7 Å². The maximum Gasteiger partial charge on any atom is 0.0881 e. The number of fused-ring (bicyclic) bond motifs is 1. The van der Waals surface area contributed by atoms with Gasteiger partial charge < -0.3 is 4.98 Å². The molecule has 2 nitrogen and oxygen atoms in total. The minimum absolute atomic E-state index is 0.268. The van der Waals surface area contributed by atoms with E-state index in [1.165, 1.54) is 44.2 Å². The lowest BCUT2D eigenvalue weighted by molar-refractivity contribution is 0.371. The number of rotatable bonds is 7. The molecule has 19 heavy (non-hydrogen) atoms. The Morgan fingerprint density at radius 3 is 2.68 bits per heavy atom. The predicted octanol–water partition coefficient (Wildman–Crippen LogP) is 5.20. The van der Waals surface area contributed by atoms with E-state index in [-0.39, 0.29) is 5.41 Å². The second kappa shape index (κ2) is 6.23. The maximum absolute atomic E-state index is 4.44. The van der Waals surface area contributed by atoms with Gasteiger partial charge in [-0.15, -0.1) is 0 Å². The van der Waals surface area contributed by atoms with Crippen LogP contribution in [0.1, 0.15) is 65.0 Å². The van der Waals surface area contributed by atoms with Crippen LogP contribution >= 0.6 is 0 Å². The lowest BCUT2D eigenvalue weighted by atomic mass is 9.78. The van der Waals surface area contributed by atoms with Gasteiger partial charge in [-0.2, -0.15) is 0 Å². The SMILES string of the molecule is CCCCCC(C)(CCC)c1cc2ncccc2[nH]1. The molecule has 2 rings (SSSR count). The second-order valence-electron chi connectivity index (χ2n) is 5.89. The molecule has 0 saturated carbocycles. The Labute approximate surface area is 116 Å². The fraction of sp³-hybridized carbons (Fsp3) is 0.588. The summed E-state index contributed by atoms with van der Waals surface area (Å²) in [6.45, 7) is 6.94. The van der Waals surface area contributed by atoms with Crippen LogP contribution in [0, 0.1) is 0 Å². The van der Waals surface area contributed by atoms with E-state index in [0.29, 0.717) is 0 Å². The highest BCUT2D eigenvalue weighted by Crippen LogP contribution is 2.35. The molecule has 2 aromatic rings. The molecule has 104 valence electrons. The normalized spacial score (nSPS) is 14.7. The molecule has 0 fully saturated rings. The van der Waals surface area contributed by atoms with E-state index < -0.39 is 0 Å². The number of unbranched alkanes of at least 4 members (excludes halogenated alkanes) is 2. The molecule has 2 heterocycles. The number of H-pyrrole nitrogens is 1. The summed E-state index contributed by atoms with van der Waals surface area (Å²) >= 11 is 0. The summed E-state index contributed by atoms with van der Waals surface area (Å²) in [5, 5.41) is 0. The fourth-order valence-corrected chi connectivity index (χ4v) is 2.99. The summed E-state index contributed by atoms with van der Waals surface area (Å²) < 4.78 is 0. The van der Waals surface area contributed by atoms with E-state index in [0.717, 1.165) is 11.0 Å². The molecule has 2 heteroatoms. The van der Waals surface area contributed by atoms with E-state index in [9.17, 15) is 0 Å². The maximum atomic E-state index is 4.44. The van der Waals surface area contributed by atoms with Crippen molar-refractivity contribution < 1.29 is 0 Å². The number of aromatic nitrogens is 2. The van der Waals surface area contributed by atoms with E-state index in [4.69, 9.17) is 0 Å². The van der Waals surface area contributed by atoms with Crippen molar-refractivity contribution in [1.82, 2.24) is 9.97 Å². The quantitative estimate of drug-likeness (QED) is 0.679. The van der Waals surface area contributed by atoms with Gasteiger partial charge in [-0.3, -0.25) is 4.98 Å². The van der Waals surface area contributed by atoms with Crippen LogP contribution in [0.15, 0.2) is 24.4 Å². The zero-order valence-corrected chi connectivity index (χ0v) is 12.5. The van der Waals surface area contributed by atoms with Crippen LogP contribution in [0.25, 0.3) is 11.0 Å². The van der Waals surface area contributed by atoms with E-state index in [1.54, 1.807) is 0 Å². The largest absolute Gasteiger partial charge is 0.357 e. The highest BCUT2D eigenvalue weighted by atomic mass is 14.8. The molecule has 0 aliphatic carbocycles. The number of aromatic amines is 1. The van der Waals surface area contributed by atoms with Gasteiger partial charge in [0, 0.05) is 17.3 Å². The Hall–Kier alpha value is -1.31. The molecule has 0 bridgehead atoms. The minimum atomic E-state index is 0.268. The van der Waals surface area contributed by atoms with Gasteiger partial charge in [0.05, 0.1) is 11.0 Å². The molecule has 0 spiro atoms. The summed E-state index contributed by atoms with van der Waals surface area (Å²) in [5.74, 6) is 0. The summed E-state index contributed by atoms with van der Waals surface area (Å²) in [7, 11) is 0. The van der Waals surface area contributed by atoms with Gasteiger partial charge in [-0.25, -0.2) is 0 Å². The minimum Gasteiger partial charge on any atom is -0.357 e. The van der Waals surface area contributed by atoms with Crippen molar-refractivity contribution in [3.63, 3.8) is 0 Å². The van der Waals surface area contributed by atoms with Gasteiger partial charge in [-0.1, -0.05) is 46.5 Å². The molecule has 0 radical (unpaired) electrons. The number of pyridine rings is 1. The van der Waals surface area contributed by atoms with E-state index in [2.05, 4.69) is 42.9 Å². The third-order valence-electron chi connectivity index (χ3n) is 4.17. The molecule has 0 aliphatic rings. The van der Waals surface area contributed by atoms with Gasteiger partial charge in [0.2, 0.25) is 0 Å². The zero-order valence-electron chi connectivity index (χ0n) is 12.5. The van der Waals surface area contributed by atoms with Gasteiger partial charge >= 0.3 is 0 Å². The molecular formula is C17H26N2. The fourth-order valence-electron chi connectivity index (χ4n) is 2.99. The Morgan fingerprint density at radius 2 is 2.00 bits per heavy atom. The van der Waals surface area contributed by atoms with Crippen molar-refractivity contribution >= 4 is 11.0 Å². The Kier molecular flexibility index (Phi) is 4.62. The van der Waals surface area contributed by atoms with Crippen LogP contribution in [0.5, 0.6) is 0 Å². The monoisotopic (exact) mass is 258 g/mol. The summed E-state index contributed by atoms with van der Waals surface area (Å²) in [4.78, 5) is 8.03. The van der Waals surface area contributed by atoms with Crippen molar-refractivity contribution in [3.8, 4) is 0 Å².